The van der Waals surface area contributed by atoms with Crippen molar-refractivity contribution >= 4 is 27.3 Å². The van der Waals surface area contributed by atoms with Crippen molar-refractivity contribution in [3.63, 3.8) is 0 Å². The molecule has 0 saturated heterocycles. The van der Waals surface area contributed by atoms with Gasteiger partial charge in [0.15, 0.2) is 0 Å². The maximum atomic E-state index is 9.78. The van der Waals surface area contributed by atoms with Gasteiger partial charge in [-0.3, -0.25) is 4.99 Å². The molecule has 0 aliphatic carbocycles. The van der Waals surface area contributed by atoms with Crippen LogP contribution in [0.1, 0.15) is 12.5 Å². The van der Waals surface area contributed by atoms with E-state index >= 15 is 0 Å². The SMILES string of the molecule is C/C(=N\c1ccccc1)c1cc(Br)ccc1O. The summed E-state index contributed by atoms with van der Waals surface area (Å²) < 4.78 is 0.924. The van der Waals surface area contributed by atoms with Crippen LogP contribution in [0, 0.1) is 0 Å². The molecule has 0 aliphatic heterocycles. The van der Waals surface area contributed by atoms with Crippen LogP contribution in [0.4, 0.5) is 5.69 Å². The largest absolute Gasteiger partial charge is 0.507 e. The molecule has 86 valence electrons. The molecule has 2 nitrogen and oxygen atoms in total. The van der Waals surface area contributed by atoms with Crippen LogP contribution < -0.4 is 0 Å². The van der Waals surface area contributed by atoms with E-state index in [1.807, 2.05) is 43.3 Å². The summed E-state index contributed by atoms with van der Waals surface area (Å²) in [5.74, 6) is 0.241. The third-order valence-corrected chi connectivity index (χ3v) is 2.89. The predicted molar refractivity (Wildman–Crippen MR) is 74.1 cm³/mol. The van der Waals surface area contributed by atoms with E-state index in [1.54, 1.807) is 12.1 Å². The monoisotopic (exact) mass is 289 g/mol. The van der Waals surface area contributed by atoms with Crippen molar-refractivity contribution in [1.29, 1.82) is 0 Å². The lowest BCUT2D eigenvalue weighted by Gasteiger charge is -2.05. The lowest BCUT2D eigenvalue weighted by atomic mass is 10.1. The molecule has 0 atom stereocenters. The number of phenolic OH excluding ortho intramolecular Hbond substituents is 1. The predicted octanol–water partition coefficient (Wildman–Crippen LogP) is 4.30. The molecular formula is C14H12BrNO. The van der Waals surface area contributed by atoms with Crippen molar-refractivity contribution < 1.29 is 5.11 Å². The van der Waals surface area contributed by atoms with Gasteiger partial charge in [0.05, 0.1) is 5.69 Å². The number of para-hydroxylation sites is 1. The summed E-state index contributed by atoms with van der Waals surface area (Å²) in [6.45, 7) is 1.88. The Morgan fingerprint density at radius 1 is 1.12 bits per heavy atom. The number of aliphatic imine (C=N–C) groups is 1. The Labute approximate surface area is 109 Å². The first kappa shape index (κ1) is 11.9. The lowest BCUT2D eigenvalue weighted by molar-refractivity contribution is 0.474. The number of benzene rings is 2. The molecule has 0 aliphatic rings. The van der Waals surface area contributed by atoms with Crippen molar-refractivity contribution in [2.75, 3.05) is 0 Å². The van der Waals surface area contributed by atoms with Gasteiger partial charge in [-0.05, 0) is 37.3 Å². The zero-order valence-corrected chi connectivity index (χ0v) is 11.0. The van der Waals surface area contributed by atoms with Crippen molar-refractivity contribution in [1.82, 2.24) is 0 Å². The molecular weight excluding hydrogens is 278 g/mol. The molecule has 0 radical (unpaired) electrons. The van der Waals surface area contributed by atoms with Crippen molar-refractivity contribution in [2.45, 2.75) is 6.92 Å². The summed E-state index contributed by atoms with van der Waals surface area (Å²) in [4.78, 5) is 4.47. The van der Waals surface area contributed by atoms with Crippen LogP contribution in [0.5, 0.6) is 5.75 Å². The van der Waals surface area contributed by atoms with Gasteiger partial charge >= 0.3 is 0 Å². The summed E-state index contributed by atoms with van der Waals surface area (Å²) >= 11 is 3.38. The van der Waals surface area contributed by atoms with Crippen LogP contribution in [0.25, 0.3) is 0 Å². The maximum Gasteiger partial charge on any atom is 0.124 e. The minimum atomic E-state index is 0.241. The second kappa shape index (κ2) is 5.15. The summed E-state index contributed by atoms with van der Waals surface area (Å²) in [6.07, 6.45) is 0. The molecule has 3 heteroatoms. The highest BCUT2D eigenvalue weighted by Gasteiger charge is 2.05. The average molecular weight is 290 g/mol. The van der Waals surface area contributed by atoms with Crippen molar-refractivity contribution in [2.24, 2.45) is 4.99 Å². The first-order valence-electron chi connectivity index (χ1n) is 5.26. The van der Waals surface area contributed by atoms with E-state index in [4.69, 9.17) is 0 Å². The molecule has 0 fully saturated rings. The Morgan fingerprint density at radius 2 is 1.82 bits per heavy atom. The number of nitrogens with zero attached hydrogens (tertiary/aromatic N) is 1. The Balaban J connectivity index is 2.40. The highest BCUT2D eigenvalue weighted by Crippen LogP contribution is 2.24. The van der Waals surface area contributed by atoms with Crippen LogP contribution in [0.2, 0.25) is 0 Å². The van der Waals surface area contributed by atoms with Gasteiger partial charge in [0.1, 0.15) is 5.75 Å². The number of aromatic hydroxyl groups is 1. The molecule has 0 spiro atoms. The van der Waals surface area contributed by atoms with Crippen molar-refractivity contribution in [3.05, 3.63) is 58.6 Å². The van der Waals surface area contributed by atoms with E-state index < -0.39 is 0 Å². The molecule has 2 rings (SSSR count). The third-order valence-electron chi connectivity index (χ3n) is 2.40. The molecule has 0 saturated carbocycles. The van der Waals surface area contributed by atoms with E-state index in [9.17, 15) is 5.11 Å². The quantitative estimate of drug-likeness (QED) is 0.822. The number of halogens is 1. The number of phenols is 1. The highest BCUT2D eigenvalue weighted by molar-refractivity contribution is 9.10. The fourth-order valence-corrected chi connectivity index (χ4v) is 1.92. The Morgan fingerprint density at radius 3 is 2.53 bits per heavy atom. The van der Waals surface area contributed by atoms with Gasteiger partial charge in [-0.1, -0.05) is 34.1 Å². The van der Waals surface area contributed by atoms with Crippen LogP contribution in [0.15, 0.2) is 58.0 Å². The molecule has 0 unspecified atom stereocenters. The fourth-order valence-electron chi connectivity index (χ4n) is 1.55. The van der Waals surface area contributed by atoms with Crippen LogP contribution in [-0.4, -0.2) is 10.8 Å². The second-order valence-corrected chi connectivity index (χ2v) is 4.61. The highest BCUT2D eigenvalue weighted by atomic mass is 79.9. The number of rotatable bonds is 2. The molecule has 0 aromatic heterocycles. The van der Waals surface area contributed by atoms with Gasteiger partial charge in [-0.15, -0.1) is 0 Å². The van der Waals surface area contributed by atoms with Gasteiger partial charge in [0, 0.05) is 15.7 Å². The summed E-state index contributed by atoms with van der Waals surface area (Å²) in [7, 11) is 0. The summed E-state index contributed by atoms with van der Waals surface area (Å²) in [6, 6.07) is 15.0. The van der Waals surface area contributed by atoms with Crippen LogP contribution in [-0.2, 0) is 0 Å². The second-order valence-electron chi connectivity index (χ2n) is 3.69. The van der Waals surface area contributed by atoms with E-state index in [-0.39, 0.29) is 5.75 Å². The maximum absolute atomic E-state index is 9.78. The lowest BCUT2D eigenvalue weighted by Crippen LogP contribution is -1.94. The molecule has 2 aromatic carbocycles. The first-order chi connectivity index (χ1) is 8.16. The Kier molecular flexibility index (Phi) is 3.59. The standard InChI is InChI=1S/C14H12BrNO/c1-10(16-12-5-3-2-4-6-12)13-9-11(15)7-8-14(13)17/h2-9,17H,1H3/b16-10+. The molecule has 0 amide bonds. The van der Waals surface area contributed by atoms with Gasteiger partial charge in [0.2, 0.25) is 0 Å². The molecule has 1 N–H and O–H groups in total. The average Bonchev–Trinajstić information content (AvgIpc) is 2.33. The molecule has 0 heterocycles. The van der Waals surface area contributed by atoms with E-state index in [2.05, 4.69) is 20.9 Å². The Bertz CT molecular complexity index is 549. The summed E-state index contributed by atoms with van der Waals surface area (Å²) in [5, 5.41) is 9.78. The number of hydrogen-bond acceptors (Lipinski definition) is 2. The third kappa shape index (κ3) is 2.94. The van der Waals surface area contributed by atoms with Gasteiger partial charge in [0.25, 0.3) is 0 Å². The van der Waals surface area contributed by atoms with Crippen LogP contribution in [0.3, 0.4) is 0 Å². The van der Waals surface area contributed by atoms with E-state index in [1.165, 1.54) is 0 Å². The minimum Gasteiger partial charge on any atom is -0.507 e. The molecule has 0 bridgehead atoms. The topological polar surface area (TPSA) is 32.6 Å². The number of hydrogen-bond donors (Lipinski definition) is 1. The van der Waals surface area contributed by atoms with Crippen molar-refractivity contribution in [3.8, 4) is 5.75 Å². The van der Waals surface area contributed by atoms with Crippen LogP contribution >= 0.6 is 15.9 Å². The smallest absolute Gasteiger partial charge is 0.124 e. The Hall–Kier alpha value is -1.61. The van der Waals surface area contributed by atoms with Gasteiger partial charge < -0.3 is 5.11 Å². The minimum absolute atomic E-state index is 0.241. The van der Waals surface area contributed by atoms with E-state index in [0.29, 0.717) is 0 Å². The summed E-state index contributed by atoms with van der Waals surface area (Å²) in [5.41, 5.74) is 2.41. The molecule has 17 heavy (non-hydrogen) atoms. The van der Waals surface area contributed by atoms with Gasteiger partial charge in [-0.25, -0.2) is 0 Å². The first-order valence-corrected chi connectivity index (χ1v) is 6.05. The normalized spacial score (nSPS) is 11.5. The molecule has 2 aromatic rings. The zero-order chi connectivity index (χ0) is 12.3. The fraction of sp³-hybridized carbons (Fsp3) is 0.0714. The van der Waals surface area contributed by atoms with Gasteiger partial charge in [-0.2, -0.15) is 0 Å². The van der Waals surface area contributed by atoms with E-state index in [0.717, 1.165) is 21.4 Å². The zero-order valence-electron chi connectivity index (χ0n) is 9.39.